The van der Waals surface area contributed by atoms with E-state index in [4.69, 9.17) is 0 Å². The van der Waals surface area contributed by atoms with Crippen LogP contribution in [-0.4, -0.2) is 44.3 Å². The summed E-state index contributed by atoms with van der Waals surface area (Å²) >= 11 is 0. The molecule has 0 bridgehead atoms. The molecule has 1 fully saturated rings. The molecule has 0 radical (unpaired) electrons. The fraction of sp³-hybridized carbons (Fsp3) is 0.389. The second kappa shape index (κ2) is 6.19. The van der Waals surface area contributed by atoms with Gasteiger partial charge in [0.15, 0.2) is 17.3 Å². The fourth-order valence-corrected chi connectivity index (χ4v) is 3.84. The lowest BCUT2D eigenvalue weighted by molar-refractivity contribution is -0.141. The Hall–Kier alpha value is -2.77. The van der Waals surface area contributed by atoms with Gasteiger partial charge in [-0.05, 0) is 44.2 Å². The Labute approximate surface area is 148 Å². The van der Waals surface area contributed by atoms with Gasteiger partial charge in [-0.15, -0.1) is 0 Å². The van der Waals surface area contributed by atoms with Crippen LogP contribution in [0.5, 0.6) is 0 Å². The van der Waals surface area contributed by atoms with Gasteiger partial charge in [-0.25, -0.2) is 18.3 Å². The van der Waals surface area contributed by atoms with Crippen LogP contribution in [-0.2, 0) is 17.6 Å². The SMILES string of the molecule is O=C(O)C1CCCN1C(=O)c1nn(-c2ccc(F)c(F)c2)c2c1CCC2. The van der Waals surface area contributed by atoms with Gasteiger partial charge in [0.25, 0.3) is 5.91 Å². The molecule has 1 aliphatic carbocycles. The van der Waals surface area contributed by atoms with Crippen LogP contribution < -0.4 is 0 Å². The summed E-state index contributed by atoms with van der Waals surface area (Å²) in [5.74, 6) is -3.36. The molecule has 26 heavy (non-hydrogen) atoms. The van der Waals surface area contributed by atoms with Crippen molar-refractivity contribution in [3.63, 3.8) is 0 Å². The largest absolute Gasteiger partial charge is 0.480 e. The quantitative estimate of drug-likeness (QED) is 0.910. The molecule has 1 aliphatic heterocycles. The molecule has 1 aromatic carbocycles. The van der Waals surface area contributed by atoms with E-state index in [1.54, 1.807) is 0 Å². The van der Waals surface area contributed by atoms with Crippen LogP contribution in [0.15, 0.2) is 18.2 Å². The molecule has 1 saturated heterocycles. The van der Waals surface area contributed by atoms with E-state index in [0.717, 1.165) is 29.8 Å². The number of rotatable bonds is 3. The van der Waals surface area contributed by atoms with Crippen molar-refractivity contribution in [3.05, 3.63) is 46.8 Å². The summed E-state index contributed by atoms with van der Waals surface area (Å²) in [6.07, 6.45) is 3.23. The third kappa shape index (κ3) is 2.56. The molecule has 2 aromatic rings. The van der Waals surface area contributed by atoms with E-state index in [2.05, 4.69) is 5.10 Å². The van der Waals surface area contributed by atoms with E-state index in [1.807, 2.05) is 0 Å². The number of likely N-dealkylation sites (tertiary alicyclic amines) is 1. The Balaban J connectivity index is 1.75. The molecular weight excluding hydrogens is 344 g/mol. The van der Waals surface area contributed by atoms with Gasteiger partial charge in [0.05, 0.1) is 5.69 Å². The molecule has 6 nitrogen and oxygen atoms in total. The number of carbonyl (C=O) groups excluding carboxylic acids is 1. The van der Waals surface area contributed by atoms with Crippen LogP contribution >= 0.6 is 0 Å². The van der Waals surface area contributed by atoms with Crippen LogP contribution in [0.3, 0.4) is 0 Å². The Morgan fingerprint density at radius 2 is 1.96 bits per heavy atom. The number of carbonyl (C=O) groups is 2. The molecular formula is C18H17F2N3O3. The first kappa shape index (κ1) is 16.7. The average Bonchev–Trinajstić information content (AvgIpc) is 3.32. The molecule has 2 aliphatic rings. The van der Waals surface area contributed by atoms with E-state index >= 15 is 0 Å². The van der Waals surface area contributed by atoms with Gasteiger partial charge in [0.1, 0.15) is 6.04 Å². The zero-order valence-corrected chi connectivity index (χ0v) is 13.9. The summed E-state index contributed by atoms with van der Waals surface area (Å²) in [7, 11) is 0. The highest BCUT2D eigenvalue weighted by Gasteiger charge is 2.38. The number of carboxylic acids is 1. The van der Waals surface area contributed by atoms with Gasteiger partial charge >= 0.3 is 5.97 Å². The number of carboxylic acid groups (broad SMARTS) is 1. The molecule has 1 N–H and O–H groups in total. The molecule has 8 heteroatoms. The van der Waals surface area contributed by atoms with Gasteiger partial charge in [0, 0.05) is 23.9 Å². The lowest BCUT2D eigenvalue weighted by Crippen LogP contribution is -2.40. The zero-order chi connectivity index (χ0) is 18.4. The van der Waals surface area contributed by atoms with Gasteiger partial charge in [0.2, 0.25) is 0 Å². The first-order valence-electron chi connectivity index (χ1n) is 8.57. The molecule has 0 spiro atoms. The second-order valence-corrected chi connectivity index (χ2v) is 6.63. The summed E-state index contributed by atoms with van der Waals surface area (Å²) in [6.45, 7) is 0.378. The lowest BCUT2D eigenvalue weighted by atomic mass is 10.1. The highest BCUT2D eigenvalue weighted by Crippen LogP contribution is 2.30. The maximum Gasteiger partial charge on any atom is 0.326 e. The number of halogens is 2. The van der Waals surface area contributed by atoms with E-state index in [9.17, 15) is 23.5 Å². The topological polar surface area (TPSA) is 75.4 Å². The van der Waals surface area contributed by atoms with E-state index in [-0.39, 0.29) is 5.69 Å². The van der Waals surface area contributed by atoms with E-state index in [0.29, 0.717) is 37.9 Å². The number of amides is 1. The number of fused-ring (bicyclic) bond motifs is 1. The summed E-state index contributed by atoms with van der Waals surface area (Å²) in [5.41, 5.74) is 2.13. The predicted octanol–water partition coefficient (Wildman–Crippen LogP) is 2.33. The Morgan fingerprint density at radius 1 is 1.15 bits per heavy atom. The summed E-state index contributed by atoms with van der Waals surface area (Å²) in [4.78, 5) is 25.7. The number of hydrogen-bond donors (Lipinski definition) is 1. The number of aliphatic carboxylic acids is 1. The number of hydrogen-bond acceptors (Lipinski definition) is 3. The maximum absolute atomic E-state index is 13.6. The van der Waals surface area contributed by atoms with Gasteiger partial charge in [-0.1, -0.05) is 0 Å². The summed E-state index contributed by atoms with van der Waals surface area (Å²) in [5, 5.41) is 13.7. The average molecular weight is 361 g/mol. The standard InChI is InChI=1S/C18H17F2N3O3/c19-12-7-6-10(9-13(12)20)23-14-4-1-3-11(14)16(21-23)17(24)22-8-2-5-15(22)18(25)26/h6-7,9,15H,1-5,8H2,(H,25,26). The Bertz CT molecular complexity index is 909. The molecule has 1 unspecified atom stereocenters. The van der Waals surface area contributed by atoms with Crippen molar-refractivity contribution in [1.29, 1.82) is 0 Å². The van der Waals surface area contributed by atoms with Crippen molar-refractivity contribution in [2.45, 2.75) is 38.1 Å². The van der Waals surface area contributed by atoms with Crippen LogP contribution in [0.25, 0.3) is 5.69 Å². The highest BCUT2D eigenvalue weighted by molar-refractivity contribution is 5.97. The van der Waals surface area contributed by atoms with Crippen molar-refractivity contribution in [2.75, 3.05) is 6.54 Å². The summed E-state index contributed by atoms with van der Waals surface area (Å²) < 4.78 is 28.3. The summed E-state index contributed by atoms with van der Waals surface area (Å²) in [6, 6.07) is 2.64. The number of nitrogens with zero attached hydrogens (tertiary/aromatic N) is 3. The van der Waals surface area contributed by atoms with Gasteiger partial charge in [-0.2, -0.15) is 5.10 Å². The molecule has 1 atom stereocenters. The minimum Gasteiger partial charge on any atom is -0.480 e. The first-order chi connectivity index (χ1) is 12.5. The van der Waals surface area contributed by atoms with Crippen LogP contribution in [0.4, 0.5) is 8.78 Å². The van der Waals surface area contributed by atoms with Gasteiger partial charge in [-0.3, -0.25) is 4.79 Å². The lowest BCUT2D eigenvalue weighted by Gasteiger charge is -2.20. The van der Waals surface area contributed by atoms with Crippen molar-refractivity contribution in [1.82, 2.24) is 14.7 Å². The number of benzene rings is 1. The van der Waals surface area contributed by atoms with Crippen LogP contribution in [0.1, 0.15) is 41.0 Å². The first-order valence-corrected chi connectivity index (χ1v) is 8.57. The second-order valence-electron chi connectivity index (χ2n) is 6.63. The van der Waals surface area contributed by atoms with Crippen molar-refractivity contribution in [3.8, 4) is 5.69 Å². The van der Waals surface area contributed by atoms with Crippen molar-refractivity contribution < 1.29 is 23.5 Å². The Kier molecular flexibility index (Phi) is 3.97. The minimum absolute atomic E-state index is 0.218. The molecule has 1 amide bonds. The molecule has 1 aromatic heterocycles. The molecule has 0 saturated carbocycles. The Morgan fingerprint density at radius 3 is 2.69 bits per heavy atom. The van der Waals surface area contributed by atoms with Gasteiger partial charge < -0.3 is 10.0 Å². The van der Waals surface area contributed by atoms with Crippen LogP contribution in [0, 0.1) is 11.6 Å². The van der Waals surface area contributed by atoms with Crippen molar-refractivity contribution in [2.24, 2.45) is 0 Å². The van der Waals surface area contributed by atoms with E-state index < -0.39 is 29.6 Å². The number of aromatic nitrogens is 2. The predicted molar refractivity (Wildman–Crippen MR) is 87.2 cm³/mol. The third-order valence-electron chi connectivity index (χ3n) is 5.08. The molecule has 4 rings (SSSR count). The molecule has 2 heterocycles. The highest BCUT2D eigenvalue weighted by atomic mass is 19.2. The third-order valence-corrected chi connectivity index (χ3v) is 5.08. The molecule has 136 valence electrons. The minimum atomic E-state index is -1.02. The smallest absolute Gasteiger partial charge is 0.326 e. The van der Waals surface area contributed by atoms with Crippen molar-refractivity contribution >= 4 is 11.9 Å². The fourth-order valence-electron chi connectivity index (χ4n) is 3.84. The zero-order valence-electron chi connectivity index (χ0n) is 13.9. The normalized spacial score (nSPS) is 19.0. The van der Waals surface area contributed by atoms with Crippen LogP contribution in [0.2, 0.25) is 0 Å². The monoisotopic (exact) mass is 361 g/mol. The maximum atomic E-state index is 13.6. The van der Waals surface area contributed by atoms with E-state index in [1.165, 1.54) is 15.6 Å².